The fourth-order valence-electron chi connectivity index (χ4n) is 1.95. The average molecular weight is 311 g/mol. The van der Waals surface area contributed by atoms with Gasteiger partial charge >= 0.3 is 0 Å². The Morgan fingerprint density at radius 2 is 1.95 bits per heavy atom. The van der Waals surface area contributed by atoms with E-state index in [1.807, 2.05) is 47.8 Å². The van der Waals surface area contributed by atoms with E-state index in [-0.39, 0.29) is 18.3 Å². The van der Waals surface area contributed by atoms with Crippen LogP contribution in [0.25, 0.3) is 0 Å². The number of amides is 1. The van der Waals surface area contributed by atoms with Gasteiger partial charge in [-0.15, -0.1) is 23.7 Å². The van der Waals surface area contributed by atoms with Gasteiger partial charge in [-0.1, -0.05) is 36.4 Å². The zero-order valence-corrected chi connectivity index (χ0v) is 13.0. The highest BCUT2D eigenvalue weighted by molar-refractivity contribution is 7.09. The number of hydrogen-bond donors (Lipinski definition) is 1. The molecular weight excluding hydrogens is 292 g/mol. The molecule has 1 amide bonds. The summed E-state index contributed by atoms with van der Waals surface area (Å²) in [6.45, 7) is 0.624. The minimum Gasteiger partial charge on any atom is -0.339 e. The monoisotopic (exact) mass is 310 g/mol. The van der Waals surface area contributed by atoms with Gasteiger partial charge in [-0.3, -0.25) is 4.79 Å². The summed E-state index contributed by atoms with van der Waals surface area (Å²) in [5.74, 6) is -0.0164. The Balaban J connectivity index is 0.00000200. The van der Waals surface area contributed by atoms with Gasteiger partial charge in [-0.05, 0) is 23.4 Å². The summed E-state index contributed by atoms with van der Waals surface area (Å²) in [6, 6.07) is 13.4. The van der Waals surface area contributed by atoms with Crippen LogP contribution in [0.1, 0.15) is 10.4 Å². The Kier molecular flexibility index (Phi) is 6.71. The van der Waals surface area contributed by atoms with Crippen molar-refractivity contribution < 1.29 is 4.79 Å². The molecular formula is C15H19ClN2OS. The lowest BCUT2D eigenvalue weighted by Gasteiger charge is -2.20. The summed E-state index contributed by atoms with van der Waals surface area (Å²) in [6.07, 6.45) is 0.578. The molecule has 0 aliphatic carbocycles. The fraction of sp³-hybridized carbons (Fsp3) is 0.267. The molecule has 2 rings (SSSR count). The molecule has 1 heterocycles. The molecule has 0 radical (unpaired) electrons. The van der Waals surface area contributed by atoms with Gasteiger partial charge in [0.25, 0.3) is 0 Å². The lowest BCUT2D eigenvalue weighted by molar-refractivity contribution is -0.131. The summed E-state index contributed by atoms with van der Waals surface area (Å²) < 4.78 is 0. The summed E-state index contributed by atoms with van der Waals surface area (Å²) >= 11 is 1.65. The maximum Gasteiger partial charge on any atom is 0.239 e. The van der Waals surface area contributed by atoms with Crippen LogP contribution in [0, 0.1) is 0 Å². The molecule has 1 unspecified atom stereocenters. The Labute approximate surface area is 129 Å². The lowest BCUT2D eigenvalue weighted by Crippen LogP contribution is -2.42. The SMILES string of the molecule is CN(Cc1cccs1)C(=O)C(N)Cc1ccccc1.Cl. The molecule has 1 atom stereocenters. The lowest BCUT2D eigenvalue weighted by atomic mass is 10.1. The van der Waals surface area contributed by atoms with Crippen LogP contribution in [0.4, 0.5) is 0 Å². The number of nitrogens with two attached hydrogens (primary N) is 1. The molecule has 1 aromatic heterocycles. The van der Waals surface area contributed by atoms with E-state index in [9.17, 15) is 4.79 Å². The van der Waals surface area contributed by atoms with Crippen molar-refractivity contribution in [1.29, 1.82) is 0 Å². The fourth-order valence-corrected chi connectivity index (χ4v) is 2.71. The minimum absolute atomic E-state index is 0. The largest absolute Gasteiger partial charge is 0.339 e. The van der Waals surface area contributed by atoms with Crippen molar-refractivity contribution in [3.63, 3.8) is 0 Å². The molecule has 0 aliphatic heterocycles. The third-order valence-corrected chi connectivity index (χ3v) is 3.83. The number of carbonyl (C=O) groups is 1. The van der Waals surface area contributed by atoms with Gasteiger partial charge in [0, 0.05) is 11.9 Å². The predicted molar refractivity (Wildman–Crippen MR) is 86.2 cm³/mol. The molecule has 0 aliphatic rings. The molecule has 2 N–H and O–H groups in total. The molecule has 1 aromatic carbocycles. The number of hydrogen-bond acceptors (Lipinski definition) is 3. The van der Waals surface area contributed by atoms with Crippen molar-refractivity contribution in [2.24, 2.45) is 5.73 Å². The van der Waals surface area contributed by atoms with E-state index in [1.54, 1.807) is 23.3 Å². The van der Waals surface area contributed by atoms with Gasteiger partial charge in [0.2, 0.25) is 5.91 Å². The third-order valence-electron chi connectivity index (χ3n) is 2.96. The number of halogens is 1. The minimum atomic E-state index is -0.479. The second kappa shape index (κ2) is 8.04. The Morgan fingerprint density at radius 1 is 1.25 bits per heavy atom. The first-order chi connectivity index (χ1) is 9.16. The average Bonchev–Trinajstić information content (AvgIpc) is 2.91. The van der Waals surface area contributed by atoms with Crippen molar-refractivity contribution in [2.75, 3.05) is 7.05 Å². The Morgan fingerprint density at radius 3 is 2.55 bits per heavy atom. The zero-order valence-electron chi connectivity index (χ0n) is 11.4. The van der Waals surface area contributed by atoms with Crippen molar-refractivity contribution in [3.8, 4) is 0 Å². The maximum absolute atomic E-state index is 12.2. The number of carbonyl (C=O) groups excluding carboxylic acids is 1. The smallest absolute Gasteiger partial charge is 0.239 e. The van der Waals surface area contributed by atoms with E-state index < -0.39 is 6.04 Å². The molecule has 0 saturated carbocycles. The molecule has 0 spiro atoms. The van der Waals surface area contributed by atoms with Crippen molar-refractivity contribution >= 4 is 29.7 Å². The molecule has 5 heteroatoms. The number of thiophene rings is 1. The number of benzene rings is 1. The summed E-state index contributed by atoms with van der Waals surface area (Å²) in [5.41, 5.74) is 7.08. The molecule has 2 aromatic rings. The summed E-state index contributed by atoms with van der Waals surface area (Å²) in [4.78, 5) is 15.0. The highest BCUT2D eigenvalue weighted by Crippen LogP contribution is 2.12. The topological polar surface area (TPSA) is 46.3 Å². The van der Waals surface area contributed by atoms with E-state index in [1.165, 1.54) is 4.88 Å². The van der Waals surface area contributed by atoms with Crippen molar-refractivity contribution in [3.05, 3.63) is 58.3 Å². The van der Waals surface area contributed by atoms with Crippen LogP contribution in [-0.4, -0.2) is 23.9 Å². The summed E-state index contributed by atoms with van der Waals surface area (Å²) in [5, 5.41) is 2.01. The van der Waals surface area contributed by atoms with E-state index >= 15 is 0 Å². The van der Waals surface area contributed by atoms with Gasteiger partial charge in [-0.25, -0.2) is 0 Å². The van der Waals surface area contributed by atoms with Crippen LogP contribution in [0.2, 0.25) is 0 Å². The first kappa shape index (κ1) is 16.7. The van der Waals surface area contributed by atoms with Crippen molar-refractivity contribution in [2.45, 2.75) is 19.0 Å². The normalized spacial score (nSPS) is 11.5. The van der Waals surface area contributed by atoms with Gasteiger partial charge in [0.15, 0.2) is 0 Å². The summed E-state index contributed by atoms with van der Waals surface area (Å²) in [7, 11) is 1.80. The second-order valence-electron chi connectivity index (χ2n) is 4.57. The molecule has 20 heavy (non-hydrogen) atoms. The molecule has 108 valence electrons. The molecule has 0 fully saturated rings. The van der Waals surface area contributed by atoms with E-state index in [4.69, 9.17) is 5.73 Å². The van der Waals surface area contributed by atoms with Gasteiger partial charge in [-0.2, -0.15) is 0 Å². The number of likely N-dealkylation sites (N-methyl/N-ethyl adjacent to an activating group) is 1. The third kappa shape index (κ3) is 4.63. The van der Waals surface area contributed by atoms with Crippen LogP contribution in [0.5, 0.6) is 0 Å². The van der Waals surface area contributed by atoms with E-state index in [0.29, 0.717) is 13.0 Å². The highest BCUT2D eigenvalue weighted by atomic mass is 35.5. The first-order valence-electron chi connectivity index (χ1n) is 6.23. The quantitative estimate of drug-likeness (QED) is 0.923. The molecule has 3 nitrogen and oxygen atoms in total. The standard InChI is InChI=1S/C15H18N2OS.ClH/c1-17(11-13-8-5-9-19-13)15(18)14(16)10-12-6-3-2-4-7-12;/h2-9,14H,10-11,16H2,1H3;1H. The zero-order chi connectivity index (χ0) is 13.7. The number of nitrogens with zero attached hydrogens (tertiary/aromatic N) is 1. The predicted octanol–water partition coefficient (Wildman–Crippen LogP) is 2.70. The Hall–Kier alpha value is -1.36. The maximum atomic E-state index is 12.2. The van der Waals surface area contributed by atoms with E-state index in [0.717, 1.165) is 5.56 Å². The van der Waals surface area contributed by atoms with E-state index in [2.05, 4.69) is 0 Å². The van der Waals surface area contributed by atoms with Crippen LogP contribution >= 0.6 is 23.7 Å². The number of rotatable bonds is 5. The van der Waals surface area contributed by atoms with Gasteiger partial charge in [0.05, 0.1) is 12.6 Å². The Bertz CT molecular complexity index is 516. The van der Waals surface area contributed by atoms with Crippen LogP contribution in [0.3, 0.4) is 0 Å². The van der Waals surface area contributed by atoms with Gasteiger partial charge < -0.3 is 10.6 Å². The van der Waals surface area contributed by atoms with Crippen molar-refractivity contribution in [1.82, 2.24) is 4.90 Å². The first-order valence-corrected chi connectivity index (χ1v) is 7.11. The van der Waals surface area contributed by atoms with Crippen LogP contribution < -0.4 is 5.73 Å². The second-order valence-corrected chi connectivity index (χ2v) is 5.60. The highest BCUT2D eigenvalue weighted by Gasteiger charge is 2.18. The van der Waals surface area contributed by atoms with Gasteiger partial charge in [0.1, 0.15) is 0 Å². The molecule has 0 saturated heterocycles. The molecule has 0 bridgehead atoms. The van der Waals surface area contributed by atoms with Crippen LogP contribution in [0.15, 0.2) is 47.8 Å². The van der Waals surface area contributed by atoms with Crippen LogP contribution in [-0.2, 0) is 17.8 Å².